The van der Waals surface area contributed by atoms with Crippen molar-refractivity contribution in [3.63, 3.8) is 0 Å². The summed E-state index contributed by atoms with van der Waals surface area (Å²) in [6.07, 6.45) is -1.28. The molecule has 80 valence electrons. The molecule has 0 spiro atoms. The summed E-state index contributed by atoms with van der Waals surface area (Å²) in [6.45, 7) is 0. The van der Waals surface area contributed by atoms with Gasteiger partial charge in [0, 0.05) is 4.90 Å². The van der Waals surface area contributed by atoms with Crippen molar-refractivity contribution in [3.8, 4) is 0 Å². The van der Waals surface area contributed by atoms with Gasteiger partial charge in [0.15, 0.2) is 0 Å². The van der Waals surface area contributed by atoms with Crippen molar-refractivity contribution >= 4 is 9.93 Å². The Bertz CT molecular complexity index is 361. The van der Waals surface area contributed by atoms with Crippen molar-refractivity contribution in [2.45, 2.75) is 11.1 Å². The molecule has 0 aliphatic heterocycles. The maximum atomic E-state index is 12.1. The minimum Gasteiger partial charge on any atom is -0.281 e. The van der Waals surface area contributed by atoms with Crippen LogP contribution >= 0.6 is 0 Å². The molecule has 0 fully saturated rings. The Kier molecular flexibility index (Phi) is 2.71. The van der Waals surface area contributed by atoms with Gasteiger partial charge < -0.3 is 0 Å². The zero-order valence-corrected chi connectivity index (χ0v) is 8.69. The molecule has 0 aromatic heterocycles. The van der Waals surface area contributed by atoms with Crippen molar-refractivity contribution in [3.05, 3.63) is 29.8 Å². The molecule has 1 rings (SSSR count). The van der Waals surface area contributed by atoms with Gasteiger partial charge in [0.05, 0.1) is 5.56 Å². The van der Waals surface area contributed by atoms with E-state index in [-0.39, 0.29) is 0 Å². The maximum absolute atomic E-state index is 12.1. The molecule has 0 aliphatic carbocycles. The van der Waals surface area contributed by atoms with Crippen LogP contribution in [0.2, 0.25) is 0 Å². The minimum atomic E-state index is -4.33. The molecule has 1 aromatic rings. The van der Waals surface area contributed by atoms with E-state index < -0.39 is 21.7 Å². The van der Waals surface area contributed by atoms with Gasteiger partial charge in [-0.15, -0.1) is 0 Å². The number of benzene rings is 1. The van der Waals surface area contributed by atoms with Crippen LogP contribution in [-0.2, 0) is 16.1 Å². The maximum Gasteiger partial charge on any atom is 0.416 e. The predicted molar refractivity (Wildman–Crippen MR) is 51.1 cm³/mol. The van der Waals surface area contributed by atoms with Crippen LogP contribution in [-0.4, -0.2) is 16.7 Å². The largest absolute Gasteiger partial charge is 0.416 e. The van der Waals surface area contributed by atoms with E-state index in [0.29, 0.717) is 4.90 Å². The smallest absolute Gasteiger partial charge is 0.281 e. The molecular formula is C9H11F3OS. The molecule has 0 saturated carbocycles. The number of thiol groups is 1. The van der Waals surface area contributed by atoms with E-state index in [1.165, 1.54) is 24.6 Å². The summed E-state index contributed by atoms with van der Waals surface area (Å²) in [7, 11) is -2.46. The number of hydrogen-bond acceptors (Lipinski definition) is 1. The lowest BCUT2D eigenvalue weighted by Gasteiger charge is -2.13. The number of rotatable bonds is 1. The molecule has 14 heavy (non-hydrogen) atoms. The molecule has 0 radical (unpaired) electrons. The van der Waals surface area contributed by atoms with Gasteiger partial charge in [-0.3, -0.25) is 4.21 Å². The van der Waals surface area contributed by atoms with Crippen LogP contribution in [0.25, 0.3) is 0 Å². The van der Waals surface area contributed by atoms with E-state index in [9.17, 15) is 17.4 Å². The van der Waals surface area contributed by atoms with E-state index in [4.69, 9.17) is 0 Å². The Morgan fingerprint density at radius 1 is 1.07 bits per heavy atom. The van der Waals surface area contributed by atoms with Gasteiger partial charge in [-0.25, -0.2) is 0 Å². The summed E-state index contributed by atoms with van der Waals surface area (Å²) in [6, 6.07) is 4.44. The van der Waals surface area contributed by atoms with Crippen LogP contribution in [0.1, 0.15) is 5.56 Å². The van der Waals surface area contributed by atoms with Crippen LogP contribution in [0.4, 0.5) is 13.2 Å². The fraction of sp³-hybridized carbons (Fsp3) is 0.333. The van der Waals surface area contributed by atoms with Crippen LogP contribution in [0.15, 0.2) is 29.2 Å². The Labute approximate surface area is 81.4 Å². The highest BCUT2D eigenvalue weighted by atomic mass is 32.2. The Morgan fingerprint density at radius 3 is 1.79 bits per heavy atom. The molecule has 1 nitrogen and oxygen atoms in total. The SMILES string of the molecule is C[SH](C)(=O)c1ccc(C(F)(F)F)cc1. The Hall–Kier alpha value is -0.840. The quantitative estimate of drug-likeness (QED) is 0.724. The molecule has 5 heteroatoms. The fourth-order valence-corrected chi connectivity index (χ4v) is 1.88. The van der Waals surface area contributed by atoms with Crippen LogP contribution in [0.3, 0.4) is 0 Å². The van der Waals surface area contributed by atoms with Gasteiger partial charge in [-0.1, -0.05) is 9.93 Å². The molecule has 1 aromatic carbocycles. The third kappa shape index (κ3) is 2.57. The molecule has 0 atom stereocenters. The average Bonchev–Trinajstić information content (AvgIpc) is 2.01. The summed E-state index contributed by atoms with van der Waals surface area (Å²) in [4.78, 5) is 0.463. The first kappa shape index (κ1) is 11.2. The second-order valence-electron chi connectivity index (χ2n) is 3.40. The van der Waals surface area contributed by atoms with Crippen LogP contribution < -0.4 is 0 Å². The van der Waals surface area contributed by atoms with E-state index in [1.54, 1.807) is 0 Å². The normalized spacial score (nSPS) is 14.1. The van der Waals surface area contributed by atoms with Crippen LogP contribution in [0, 0.1) is 0 Å². The van der Waals surface area contributed by atoms with E-state index >= 15 is 0 Å². The highest BCUT2D eigenvalue weighted by molar-refractivity contribution is 8.01. The molecule has 0 aliphatic rings. The van der Waals surface area contributed by atoms with Crippen molar-refractivity contribution < 1.29 is 17.4 Å². The average molecular weight is 224 g/mol. The summed E-state index contributed by atoms with van der Waals surface area (Å²) >= 11 is 0. The first-order chi connectivity index (χ1) is 6.21. The zero-order valence-electron chi connectivity index (χ0n) is 7.80. The second-order valence-corrected chi connectivity index (χ2v) is 6.61. The lowest BCUT2D eigenvalue weighted by molar-refractivity contribution is -0.137. The third-order valence-corrected chi connectivity index (χ3v) is 3.36. The van der Waals surface area contributed by atoms with Crippen molar-refractivity contribution in [2.75, 3.05) is 12.5 Å². The Morgan fingerprint density at radius 2 is 1.50 bits per heavy atom. The Balaban J connectivity index is 3.08. The molecule has 0 amide bonds. The van der Waals surface area contributed by atoms with E-state index in [0.717, 1.165) is 12.1 Å². The second kappa shape index (κ2) is 3.38. The molecule has 0 bridgehead atoms. The molecule has 0 saturated heterocycles. The topological polar surface area (TPSA) is 17.1 Å². The summed E-state index contributed by atoms with van der Waals surface area (Å²) in [5.41, 5.74) is -0.713. The highest BCUT2D eigenvalue weighted by Crippen LogP contribution is 2.30. The minimum absolute atomic E-state index is 0.463. The standard InChI is InChI=1S/C9H11F3OS/c1-14(2,13)8-5-3-7(4-6-8)9(10,11)12/h3-6,14H,1-2H3. The number of halogens is 3. The molecule has 0 N–H and O–H groups in total. The molecule has 0 heterocycles. The molecule has 0 unspecified atom stereocenters. The lowest BCUT2D eigenvalue weighted by atomic mass is 10.2. The number of alkyl halides is 3. The summed E-state index contributed by atoms with van der Waals surface area (Å²) in [5, 5.41) is 0. The van der Waals surface area contributed by atoms with Gasteiger partial charge in [-0.2, -0.15) is 13.2 Å². The van der Waals surface area contributed by atoms with Crippen molar-refractivity contribution in [2.24, 2.45) is 0 Å². The monoisotopic (exact) mass is 224 g/mol. The first-order valence-electron chi connectivity index (χ1n) is 3.94. The first-order valence-corrected chi connectivity index (χ1v) is 6.54. The van der Waals surface area contributed by atoms with Crippen LogP contribution in [0.5, 0.6) is 0 Å². The fourth-order valence-electron chi connectivity index (χ4n) is 1.01. The van der Waals surface area contributed by atoms with E-state index in [1.807, 2.05) is 0 Å². The summed E-state index contributed by atoms with van der Waals surface area (Å²) < 4.78 is 47.9. The highest BCUT2D eigenvalue weighted by Gasteiger charge is 2.30. The van der Waals surface area contributed by atoms with Gasteiger partial charge in [-0.05, 0) is 36.8 Å². The summed E-state index contributed by atoms with van der Waals surface area (Å²) in [5.74, 6) is 0. The van der Waals surface area contributed by atoms with Crippen molar-refractivity contribution in [1.29, 1.82) is 0 Å². The van der Waals surface area contributed by atoms with Gasteiger partial charge in [0.25, 0.3) is 0 Å². The van der Waals surface area contributed by atoms with Crippen molar-refractivity contribution in [1.82, 2.24) is 0 Å². The zero-order chi connectivity index (χ0) is 11.0. The lowest BCUT2D eigenvalue weighted by Crippen LogP contribution is -2.08. The van der Waals surface area contributed by atoms with Gasteiger partial charge in [0.2, 0.25) is 0 Å². The van der Waals surface area contributed by atoms with E-state index in [2.05, 4.69) is 0 Å². The third-order valence-electron chi connectivity index (χ3n) is 1.82. The van der Waals surface area contributed by atoms with Gasteiger partial charge >= 0.3 is 6.18 Å². The predicted octanol–water partition coefficient (Wildman–Crippen LogP) is 2.34. The number of hydrogen-bond donors (Lipinski definition) is 1. The van der Waals surface area contributed by atoms with Gasteiger partial charge in [0.1, 0.15) is 0 Å². The molecular weight excluding hydrogens is 213 g/mol.